The van der Waals surface area contributed by atoms with Crippen molar-refractivity contribution in [3.8, 4) is 11.3 Å². The summed E-state index contributed by atoms with van der Waals surface area (Å²) >= 11 is 0. The maximum absolute atomic E-state index is 12.9. The van der Waals surface area contributed by atoms with Crippen LogP contribution in [0.4, 0.5) is 5.69 Å². The number of aryl methyl sites for hydroxylation is 1. The third-order valence-electron chi connectivity index (χ3n) is 6.90. The molecule has 1 saturated heterocycles. The molecule has 182 valence electrons. The Bertz CT molecular complexity index is 1610. The lowest BCUT2D eigenvalue weighted by Gasteiger charge is -2.32. The molecule has 6 rings (SSSR count). The van der Waals surface area contributed by atoms with E-state index < -0.39 is 10.0 Å². The molecule has 1 amide bonds. The van der Waals surface area contributed by atoms with Gasteiger partial charge in [0.1, 0.15) is 10.5 Å². The molecule has 1 fully saturated rings. The Hall–Kier alpha value is -3.98. The summed E-state index contributed by atoms with van der Waals surface area (Å²) in [6.07, 6.45) is 5.25. The molecule has 0 unspecified atom stereocenters. The zero-order valence-electron chi connectivity index (χ0n) is 19.8. The van der Waals surface area contributed by atoms with Crippen molar-refractivity contribution in [3.05, 3.63) is 84.2 Å². The van der Waals surface area contributed by atoms with E-state index in [1.165, 1.54) is 0 Å². The number of sulfonamides is 1. The lowest BCUT2D eigenvalue weighted by Crippen LogP contribution is -2.41. The number of imidazole rings is 1. The third-order valence-corrected chi connectivity index (χ3v) is 8.23. The molecule has 2 aliphatic heterocycles. The van der Waals surface area contributed by atoms with E-state index in [-0.39, 0.29) is 16.7 Å². The SMILES string of the molecule is Cc1cccn2cc(-c3ccc(NC(=O)C4CCN(C5=NS(=O)(=O)c6ccccc65)CC4)cc3)nc12. The third kappa shape index (κ3) is 3.95. The number of hydrogen-bond donors (Lipinski definition) is 1. The van der Waals surface area contributed by atoms with Gasteiger partial charge >= 0.3 is 0 Å². The van der Waals surface area contributed by atoms with Crippen LogP contribution in [-0.4, -0.2) is 47.5 Å². The Morgan fingerprint density at radius 2 is 1.75 bits per heavy atom. The van der Waals surface area contributed by atoms with Crippen molar-refractivity contribution < 1.29 is 13.2 Å². The van der Waals surface area contributed by atoms with E-state index in [0.717, 1.165) is 28.2 Å². The van der Waals surface area contributed by atoms with E-state index >= 15 is 0 Å². The number of likely N-dealkylation sites (tertiary alicyclic amines) is 1. The second-order valence-corrected chi connectivity index (χ2v) is 10.8. The van der Waals surface area contributed by atoms with Crippen molar-refractivity contribution >= 4 is 33.1 Å². The summed E-state index contributed by atoms with van der Waals surface area (Å²) in [5, 5.41) is 3.03. The number of carbonyl (C=O) groups excluding carboxylic acids is 1. The van der Waals surface area contributed by atoms with E-state index in [0.29, 0.717) is 37.3 Å². The molecular weight excluding hydrogens is 474 g/mol. The summed E-state index contributed by atoms with van der Waals surface area (Å²) in [4.78, 5) is 19.9. The Labute approximate surface area is 209 Å². The fraction of sp³-hybridized carbons (Fsp3) is 0.222. The maximum atomic E-state index is 12.9. The van der Waals surface area contributed by atoms with Crippen LogP contribution in [0.15, 0.2) is 82.4 Å². The summed E-state index contributed by atoms with van der Waals surface area (Å²) in [6, 6.07) is 18.7. The van der Waals surface area contributed by atoms with Gasteiger partial charge in [0.25, 0.3) is 10.0 Å². The summed E-state index contributed by atoms with van der Waals surface area (Å²) in [5.41, 5.74) is 5.29. The number of anilines is 1. The molecule has 1 N–H and O–H groups in total. The fourth-order valence-corrected chi connectivity index (χ4v) is 6.16. The van der Waals surface area contributed by atoms with Crippen molar-refractivity contribution in [1.82, 2.24) is 14.3 Å². The van der Waals surface area contributed by atoms with E-state index in [9.17, 15) is 13.2 Å². The lowest BCUT2D eigenvalue weighted by molar-refractivity contribution is -0.120. The first kappa shape index (κ1) is 22.5. The molecule has 2 aromatic carbocycles. The number of aromatic nitrogens is 2. The van der Waals surface area contributed by atoms with E-state index in [1.807, 2.05) is 71.1 Å². The normalized spacial score (nSPS) is 17.1. The number of nitrogens with zero attached hydrogens (tertiary/aromatic N) is 4. The van der Waals surface area contributed by atoms with Gasteiger partial charge in [-0.25, -0.2) is 4.98 Å². The Balaban J connectivity index is 1.10. The van der Waals surface area contributed by atoms with Crippen LogP contribution in [0.1, 0.15) is 24.0 Å². The van der Waals surface area contributed by atoms with Crippen molar-refractivity contribution in [2.45, 2.75) is 24.7 Å². The summed E-state index contributed by atoms with van der Waals surface area (Å²) in [7, 11) is -3.65. The molecule has 0 atom stereocenters. The molecule has 36 heavy (non-hydrogen) atoms. The molecule has 2 aromatic heterocycles. The molecule has 0 radical (unpaired) electrons. The highest BCUT2D eigenvalue weighted by atomic mass is 32.2. The monoisotopic (exact) mass is 499 g/mol. The highest BCUT2D eigenvalue weighted by Crippen LogP contribution is 2.30. The summed E-state index contributed by atoms with van der Waals surface area (Å²) in [5.74, 6) is 0.325. The molecule has 0 saturated carbocycles. The van der Waals surface area contributed by atoms with Crippen molar-refractivity contribution in [3.63, 3.8) is 0 Å². The van der Waals surface area contributed by atoms with Crippen molar-refractivity contribution in [2.24, 2.45) is 10.3 Å². The number of fused-ring (bicyclic) bond motifs is 2. The molecule has 0 spiro atoms. The average Bonchev–Trinajstić information content (AvgIpc) is 3.45. The Morgan fingerprint density at radius 3 is 2.50 bits per heavy atom. The highest BCUT2D eigenvalue weighted by molar-refractivity contribution is 7.90. The predicted octanol–water partition coefficient (Wildman–Crippen LogP) is 4.11. The summed E-state index contributed by atoms with van der Waals surface area (Å²) < 4.78 is 30.8. The second kappa shape index (κ2) is 8.60. The number of pyridine rings is 1. The zero-order valence-corrected chi connectivity index (χ0v) is 20.6. The van der Waals surface area contributed by atoms with Gasteiger partial charge in [0, 0.05) is 48.2 Å². The van der Waals surface area contributed by atoms with Gasteiger partial charge in [-0.2, -0.15) is 8.42 Å². The Morgan fingerprint density at radius 1 is 1.00 bits per heavy atom. The minimum atomic E-state index is -3.65. The first-order chi connectivity index (χ1) is 17.4. The van der Waals surface area contributed by atoms with Gasteiger partial charge in [-0.3, -0.25) is 4.79 Å². The van der Waals surface area contributed by atoms with E-state index in [4.69, 9.17) is 4.98 Å². The van der Waals surface area contributed by atoms with Crippen LogP contribution >= 0.6 is 0 Å². The number of nitrogens with one attached hydrogen (secondary N) is 1. The smallest absolute Gasteiger partial charge is 0.285 e. The van der Waals surface area contributed by atoms with Crippen molar-refractivity contribution in [1.29, 1.82) is 0 Å². The van der Waals surface area contributed by atoms with Crippen LogP contribution < -0.4 is 5.32 Å². The van der Waals surface area contributed by atoms with Crippen LogP contribution in [-0.2, 0) is 14.8 Å². The fourth-order valence-electron chi connectivity index (χ4n) is 4.93. The van der Waals surface area contributed by atoms with Gasteiger partial charge in [-0.15, -0.1) is 4.40 Å². The molecular formula is C27H25N5O3S. The first-order valence-corrected chi connectivity index (χ1v) is 13.4. The largest absolute Gasteiger partial charge is 0.355 e. The number of rotatable bonds is 3. The molecule has 4 aromatic rings. The number of hydrogen-bond acceptors (Lipinski definition) is 5. The second-order valence-electron chi connectivity index (χ2n) is 9.26. The van der Waals surface area contributed by atoms with Crippen LogP contribution in [0.5, 0.6) is 0 Å². The zero-order chi connectivity index (χ0) is 24.9. The van der Waals surface area contributed by atoms with Gasteiger partial charge in [-0.1, -0.05) is 30.3 Å². The number of carbonyl (C=O) groups is 1. The van der Waals surface area contributed by atoms with Gasteiger partial charge in [0.05, 0.1) is 5.69 Å². The molecule has 8 nitrogen and oxygen atoms in total. The van der Waals surface area contributed by atoms with E-state index in [1.54, 1.807) is 18.2 Å². The standard InChI is InChI=1S/C27H25N5O3S/c1-18-5-4-14-32-17-23(29-25(18)32)19-8-10-21(11-9-19)28-27(33)20-12-15-31(16-13-20)26-22-6-2-3-7-24(22)36(34,35)30-26/h2-11,14,17,20H,12-13,15-16H2,1H3,(H,28,33). The quantitative estimate of drug-likeness (QED) is 0.458. The van der Waals surface area contributed by atoms with Gasteiger partial charge in [0.15, 0.2) is 5.84 Å². The molecule has 9 heteroatoms. The number of amides is 1. The van der Waals surface area contributed by atoms with Gasteiger partial charge in [-0.05, 0) is 55.7 Å². The summed E-state index contributed by atoms with van der Waals surface area (Å²) in [6.45, 7) is 3.19. The number of piperidine rings is 1. The minimum absolute atomic E-state index is 0.0212. The van der Waals surface area contributed by atoms with Gasteiger partial charge in [0.2, 0.25) is 5.91 Å². The van der Waals surface area contributed by atoms with Crippen molar-refractivity contribution in [2.75, 3.05) is 18.4 Å². The molecule has 4 heterocycles. The molecule has 2 aliphatic rings. The lowest BCUT2D eigenvalue weighted by atomic mass is 9.95. The van der Waals surface area contributed by atoms with Crippen LogP contribution in [0.25, 0.3) is 16.9 Å². The molecule has 0 bridgehead atoms. The Kier molecular flexibility index (Phi) is 5.37. The minimum Gasteiger partial charge on any atom is -0.355 e. The number of amidine groups is 1. The van der Waals surface area contributed by atoms with Crippen LogP contribution in [0, 0.1) is 12.8 Å². The van der Waals surface area contributed by atoms with Gasteiger partial charge < -0.3 is 14.6 Å². The average molecular weight is 500 g/mol. The first-order valence-electron chi connectivity index (χ1n) is 11.9. The maximum Gasteiger partial charge on any atom is 0.285 e. The van der Waals surface area contributed by atoms with Crippen LogP contribution in [0.2, 0.25) is 0 Å². The topological polar surface area (TPSA) is 96.1 Å². The molecule has 0 aliphatic carbocycles. The number of benzene rings is 2. The predicted molar refractivity (Wildman–Crippen MR) is 138 cm³/mol. The van der Waals surface area contributed by atoms with E-state index in [2.05, 4.69) is 9.71 Å². The van der Waals surface area contributed by atoms with Crippen LogP contribution in [0.3, 0.4) is 0 Å². The highest BCUT2D eigenvalue weighted by Gasteiger charge is 2.34.